The molecule has 1 aromatic heterocycles. The molecule has 0 aliphatic rings. The average Bonchev–Trinajstić information content (AvgIpc) is 3.12. The molecular weight excluding hydrogens is 342 g/mol. The number of carbonyl (C=O) groups excluding carboxylic acids is 2. The van der Waals surface area contributed by atoms with Crippen molar-refractivity contribution in [1.82, 2.24) is 15.4 Å². The molecule has 0 unspecified atom stereocenters. The molecule has 1 N–H and O–H groups in total. The Balaban J connectivity index is 2.20. The topological polar surface area (TPSA) is 113 Å². The molecule has 0 atom stereocenters. The predicted octanol–water partition coefficient (Wildman–Crippen LogP) is 1.99. The number of nitrogens with zero attached hydrogens (tertiary/aromatic N) is 2. The third-order valence-corrected chi connectivity index (χ3v) is 3.32. The van der Waals surface area contributed by atoms with Gasteiger partial charge in [0, 0.05) is 5.56 Å². The van der Waals surface area contributed by atoms with E-state index < -0.39 is 5.97 Å². The van der Waals surface area contributed by atoms with E-state index in [4.69, 9.17) is 18.9 Å². The summed E-state index contributed by atoms with van der Waals surface area (Å²) in [5, 5.41) is 10.3. The van der Waals surface area contributed by atoms with Crippen LogP contribution in [0.3, 0.4) is 0 Å². The van der Waals surface area contributed by atoms with Gasteiger partial charge < -0.3 is 18.9 Å². The molecule has 0 saturated carbocycles. The summed E-state index contributed by atoms with van der Waals surface area (Å²) in [6.45, 7) is 4.13. The Kier molecular flexibility index (Phi) is 6.95. The first kappa shape index (κ1) is 19.2. The minimum atomic E-state index is -0.572. The summed E-state index contributed by atoms with van der Waals surface area (Å²) >= 11 is 0. The van der Waals surface area contributed by atoms with Crippen molar-refractivity contribution >= 4 is 11.9 Å². The fraction of sp³-hybridized carbons (Fsp3) is 0.412. The van der Waals surface area contributed by atoms with E-state index in [0.717, 1.165) is 0 Å². The number of ether oxygens (including phenoxy) is 4. The van der Waals surface area contributed by atoms with E-state index in [1.54, 1.807) is 32.0 Å². The molecule has 1 heterocycles. The first-order valence-corrected chi connectivity index (χ1v) is 8.15. The predicted molar refractivity (Wildman–Crippen MR) is 91.1 cm³/mol. The van der Waals surface area contributed by atoms with Crippen LogP contribution in [0.4, 0.5) is 0 Å². The Morgan fingerprint density at radius 1 is 1.08 bits per heavy atom. The molecule has 140 valence electrons. The van der Waals surface area contributed by atoms with Gasteiger partial charge in [-0.1, -0.05) is 0 Å². The van der Waals surface area contributed by atoms with E-state index in [-0.39, 0.29) is 31.3 Å². The van der Waals surface area contributed by atoms with E-state index in [1.807, 2.05) is 0 Å². The summed E-state index contributed by atoms with van der Waals surface area (Å²) in [6.07, 6.45) is 0.110. The highest BCUT2D eigenvalue weighted by atomic mass is 16.5. The molecule has 2 aromatic rings. The minimum absolute atomic E-state index is 0.0782. The van der Waals surface area contributed by atoms with E-state index in [9.17, 15) is 9.59 Å². The Bertz CT molecular complexity index is 759. The van der Waals surface area contributed by atoms with E-state index >= 15 is 0 Å². The van der Waals surface area contributed by atoms with Gasteiger partial charge in [-0.25, -0.2) is 4.79 Å². The Morgan fingerprint density at radius 2 is 1.85 bits per heavy atom. The van der Waals surface area contributed by atoms with Crippen LogP contribution < -0.4 is 9.47 Å². The molecule has 1 aromatic carbocycles. The molecule has 0 aliphatic heterocycles. The van der Waals surface area contributed by atoms with Gasteiger partial charge in [0.1, 0.15) is 5.69 Å². The lowest BCUT2D eigenvalue weighted by Gasteiger charge is -2.12. The Labute approximate surface area is 150 Å². The Morgan fingerprint density at radius 3 is 2.54 bits per heavy atom. The van der Waals surface area contributed by atoms with Crippen molar-refractivity contribution in [3.63, 3.8) is 0 Å². The van der Waals surface area contributed by atoms with Gasteiger partial charge in [-0.05, 0) is 32.0 Å². The van der Waals surface area contributed by atoms with Gasteiger partial charge in [0.25, 0.3) is 0 Å². The lowest BCUT2D eigenvalue weighted by Crippen LogP contribution is -2.10. The second-order valence-electron chi connectivity index (χ2n) is 5.01. The number of aromatic nitrogens is 3. The molecule has 0 radical (unpaired) electrons. The number of aromatic amines is 1. The zero-order valence-corrected chi connectivity index (χ0v) is 14.9. The first-order valence-electron chi connectivity index (χ1n) is 8.15. The zero-order chi connectivity index (χ0) is 18.9. The number of esters is 2. The molecule has 0 spiro atoms. The molecule has 0 bridgehead atoms. The van der Waals surface area contributed by atoms with Crippen LogP contribution in [0, 0.1) is 0 Å². The summed E-state index contributed by atoms with van der Waals surface area (Å²) in [7, 11) is 1.51. The molecule has 0 aliphatic carbocycles. The lowest BCUT2D eigenvalue weighted by atomic mass is 10.1. The summed E-state index contributed by atoms with van der Waals surface area (Å²) in [5.41, 5.74) is 1.00. The third kappa shape index (κ3) is 4.71. The fourth-order valence-corrected chi connectivity index (χ4v) is 2.19. The van der Waals surface area contributed by atoms with Crippen molar-refractivity contribution in [1.29, 1.82) is 0 Å². The van der Waals surface area contributed by atoms with Crippen LogP contribution in [0.5, 0.6) is 11.5 Å². The van der Waals surface area contributed by atoms with Gasteiger partial charge in [0.2, 0.25) is 0 Å². The maximum atomic E-state index is 12.0. The van der Waals surface area contributed by atoms with Gasteiger partial charge in [-0.15, -0.1) is 5.10 Å². The van der Waals surface area contributed by atoms with Crippen molar-refractivity contribution < 1.29 is 28.5 Å². The molecule has 0 amide bonds. The van der Waals surface area contributed by atoms with Crippen molar-refractivity contribution in [2.75, 3.05) is 26.9 Å². The van der Waals surface area contributed by atoms with Crippen LogP contribution in [-0.2, 0) is 14.3 Å². The number of methoxy groups -OCH3 is 1. The van der Waals surface area contributed by atoms with Crippen LogP contribution in [0.1, 0.15) is 30.8 Å². The summed E-state index contributed by atoms with van der Waals surface area (Å²) in [5.74, 6) is -0.0218. The minimum Gasteiger partial charge on any atom is -0.493 e. The molecule has 9 heteroatoms. The first-order chi connectivity index (χ1) is 12.6. The van der Waals surface area contributed by atoms with Gasteiger partial charge in [0.05, 0.1) is 33.4 Å². The maximum absolute atomic E-state index is 12.0. The van der Waals surface area contributed by atoms with Crippen LogP contribution in [0.25, 0.3) is 11.3 Å². The average molecular weight is 363 g/mol. The van der Waals surface area contributed by atoms with Gasteiger partial charge in [-0.2, -0.15) is 10.3 Å². The number of H-pyrrole nitrogens is 1. The standard InChI is InChI=1S/C17H21N3O6/c1-4-24-14(21)8-9-26-13-10-11(6-7-12(13)23-3)15-16(19-20-18-15)17(22)25-5-2/h6-7,10H,4-5,8-9H2,1-3H3,(H,18,19,20). The maximum Gasteiger partial charge on any atom is 0.361 e. The summed E-state index contributed by atoms with van der Waals surface area (Å²) in [6, 6.07) is 5.06. The van der Waals surface area contributed by atoms with Crippen molar-refractivity contribution in [2.45, 2.75) is 20.3 Å². The van der Waals surface area contributed by atoms with Crippen LogP contribution in [-0.4, -0.2) is 54.3 Å². The number of nitrogens with one attached hydrogen (secondary N) is 1. The van der Waals surface area contributed by atoms with Crippen molar-refractivity contribution in [3.8, 4) is 22.8 Å². The second kappa shape index (κ2) is 9.40. The summed E-state index contributed by atoms with van der Waals surface area (Å²) in [4.78, 5) is 23.4. The smallest absolute Gasteiger partial charge is 0.361 e. The van der Waals surface area contributed by atoms with Gasteiger partial charge >= 0.3 is 11.9 Å². The number of benzene rings is 1. The highest BCUT2D eigenvalue weighted by Crippen LogP contribution is 2.33. The number of carbonyl (C=O) groups is 2. The van der Waals surface area contributed by atoms with E-state index in [1.165, 1.54) is 7.11 Å². The number of rotatable bonds is 9. The number of hydrogen-bond donors (Lipinski definition) is 1. The monoisotopic (exact) mass is 363 g/mol. The largest absolute Gasteiger partial charge is 0.493 e. The van der Waals surface area contributed by atoms with E-state index in [2.05, 4.69) is 15.4 Å². The summed E-state index contributed by atoms with van der Waals surface area (Å²) < 4.78 is 20.7. The molecule has 2 rings (SSSR count). The normalized spacial score (nSPS) is 10.3. The molecule has 0 fully saturated rings. The number of hydrogen-bond acceptors (Lipinski definition) is 8. The molecule has 9 nitrogen and oxygen atoms in total. The third-order valence-electron chi connectivity index (χ3n) is 3.32. The molecule has 0 saturated heterocycles. The van der Waals surface area contributed by atoms with Crippen LogP contribution in [0.15, 0.2) is 18.2 Å². The fourth-order valence-electron chi connectivity index (χ4n) is 2.19. The quantitative estimate of drug-likeness (QED) is 0.673. The van der Waals surface area contributed by atoms with Crippen molar-refractivity contribution in [2.24, 2.45) is 0 Å². The van der Waals surface area contributed by atoms with Gasteiger partial charge in [-0.3, -0.25) is 4.79 Å². The Hall–Kier alpha value is -3.10. The SMILES string of the molecule is CCOC(=O)CCOc1cc(-c2n[nH]nc2C(=O)OCC)ccc1OC. The van der Waals surface area contributed by atoms with E-state index in [0.29, 0.717) is 29.4 Å². The van der Waals surface area contributed by atoms with Gasteiger partial charge in [0.15, 0.2) is 17.2 Å². The van der Waals surface area contributed by atoms with Crippen LogP contribution >= 0.6 is 0 Å². The molecule has 26 heavy (non-hydrogen) atoms. The molecular formula is C17H21N3O6. The van der Waals surface area contributed by atoms with Crippen molar-refractivity contribution in [3.05, 3.63) is 23.9 Å². The van der Waals surface area contributed by atoms with Crippen LogP contribution in [0.2, 0.25) is 0 Å². The second-order valence-corrected chi connectivity index (χ2v) is 5.01. The highest BCUT2D eigenvalue weighted by molar-refractivity contribution is 5.94. The lowest BCUT2D eigenvalue weighted by molar-refractivity contribution is -0.143. The zero-order valence-electron chi connectivity index (χ0n) is 14.9. The highest BCUT2D eigenvalue weighted by Gasteiger charge is 2.20.